The molecule has 0 saturated heterocycles. The molecule has 6 rings (SSSR count). The topological polar surface area (TPSA) is 122 Å². The van der Waals surface area contributed by atoms with Gasteiger partial charge in [-0.2, -0.15) is 10.2 Å². The molecule has 0 aromatic carbocycles. The summed E-state index contributed by atoms with van der Waals surface area (Å²) in [5, 5.41) is 20.3. The Labute approximate surface area is 187 Å². The lowest BCUT2D eigenvalue weighted by atomic mass is 10.2. The van der Waals surface area contributed by atoms with Gasteiger partial charge in [0.1, 0.15) is 5.82 Å². The highest BCUT2D eigenvalue weighted by atomic mass is 16.5. The molecule has 0 aliphatic carbocycles. The highest BCUT2D eigenvalue weighted by Crippen LogP contribution is 2.33. The summed E-state index contributed by atoms with van der Waals surface area (Å²) in [6.07, 6.45) is 7.24. The van der Waals surface area contributed by atoms with Crippen molar-refractivity contribution in [2.45, 2.75) is 12.5 Å². The number of nitrogens with one attached hydrogen (secondary N) is 1. The summed E-state index contributed by atoms with van der Waals surface area (Å²) in [4.78, 5) is 8.97. The Hall–Kier alpha value is -4.48. The third-order valence-corrected chi connectivity index (χ3v) is 5.39. The zero-order valence-electron chi connectivity index (χ0n) is 18.0. The first kappa shape index (κ1) is 19.2. The number of pyridine rings is 1. The molecule has 33 heavy (non-hydrogen) atoms. The smallest absolute Gasteiger partial charge is 0.228 e. The van der Waals surface area contributed by atoms with Gasteiger partial charge in [0.15, 0.2) is 23.3 Å². The van der Waals surface area contributed by atoms with E-state index in [4.69, 9.17) is 9.47 Å². The number of aryl methyl sites for hydroxylation is 2. The lowest BCUT2D eigenvalue weighted by molar-refractivity contribution is 0.166. The fraction of sp³-hybridized carbons (Fsp3) is 0.238. The van der Waals surface area contributed by atoms with Gasteiger partial charge in [0.25, 0.3) is 0 Å². The van der Waals surface area contributed by atoms with Gasteiger partial charge in [0.2, 0.25) is 11.8 Å². The first-order valence-electron chi connectivity index (χ1n) is 10.4. The first-order chi connectivity index (χ1) is 16.1. The van der Waals surface area contributed by atoms with Crippen LogP contribution in [0.15, 0.2) is 49.1 Å². The zero-order chi connectivity index (χ0) is 22.4. The third-order valence-electron chi connectivity index (χ3n) is 5.39. The molecule has 1 aliphatic rings. The molecule has 1 atom stereocenters. The maximum Gasteiger partial charge on any atom is 0.228 e. The van der Waals surface area contributed by atoms with E-state index in [0.717, 1.165) is 17.1 Å². The van der Waals surface area contributed by atoms with Gasteiger partial charge in [-0.1, -0.05) is 0 Å². The minimum Gasteiger partial charge on any atom is -0.479 e. The van der Waals surface area contributed by atoms with Crippen LogP contribution in [0.3, 0.4) is 0 Å². The summed E-state index contributed by atoms with van der Waals surface area (Å²) in [6, 6.07) is 7.55. The van der Waals surface area contributed by atoms with Gasteiger partial charge in [0, 0.05) is 44.4 Å². The van der Waals surface area contributed by atoms with Gasteiger partial charge in [-0.15, -0.1) is 10.2 Å². The Morgan fingerprint density at radius 2 is 2.06 bits per heavy atom. The molecule has 0 radical (unpaired) electrons. The normalized spacial score (nSPS) is 15.3. The van der Waals surface area contributed by atoms with Crippen LogP contribution in [-0.2, 0) is 14.1 Å². The van der Waals surface area contributed by atoms with Crippen molar-refractivity contribution in [3.63, 3.8) is 0 Å². The average molecular weight is 444 g/mol. The van der Waals surface area contributed by atoms with Gasteiger partial charge in [-0.25, -0.2) is 14.4 Å². The van der Waals surface area contributed by atoms with Gasteiger partial charge in [-0.05, 0) is 12.1 Å². The molecular formula is C21H20N10O2. The lowest BCUT2D eigenvalue weighted by Crippen LogP contribution is -2.11. The quantitative estimate of drug-likeness (QED) is 0.435. The van der Waals surface area contributed by atoms with Crippen molar-refractivity contribution >= 4 is 17.4 Å². The molecule has 1 N–H and O–H groups in total. The molecule has 12 nitrogen and oxygen atoms in total. The van der Waals surface area contributed by atoms with Crippen LogP contribution in [0.2, 0.25) is 0 Å². The van der Waals surface area contributed by atoms with Crippen LogP contribution in [0.4, 0.5) is 11.8 Å². The van der Waals surface area contributed by atoms with Crippen LogP contribution in [0.1, 0.15) is 18.3 Å². The predicted molar refractivity (Wildman–Crippen MR) is 117 cm³/mol. The molecule has 1 aliphatic heterocycles. The zero-order valence-corrected chi connectivity index (χ0v) is 18.0. The van der Waals surface area contributed by atoms with Crippen molar-refractivity contribution < 1.29 is 9.47 Å². The van der Waals surface area contributed by atoms with Gasteiger partial charge in [0.05, 0.1) is 30.9 Å². The average Bonchev–Trinajstić information content (AvgIpc) is 3.50. The van der Waals surface area contributed by atoms with E-state index in [1.807, 2.05) is 49.0 Å². The summed E-state index contributed by atoms with van der Waals surface area (Å²) < 4.78 is 17.5. The van der Waals surface area contributed by atoms with Crippen LogP contribution in [-0.4, -0.2) is 50.7 Å². The second kappa shape index (κ2) is 7.58. The van der Waals surface area contributed by atoms with Crippen LogP contribution < -0.4 is 14.8 Å². The Balaban J connectivity index is 1.35. The monoisotopic (exact) mass is 444 g/mol. The summed E-state index contributed by atoms with van der Waals surface area (Å²) in [5.74, 6) is 3.26. The Kier molecular flexibility index (Phi) is 4.42. The fourth-order valence-corrected chi connectivity index (χ4v) is 3.80. The highest BCUT2D eigenvalue weighted by molar-refractivity contribution is 5.67. The summed E-state index contributed by atoms with van der Waals surface area (Å²) in [6.45, 7) is 0.476. The van der Waals surface area contributed by atoms with E-state index in [1.54, 1.807) is 28.0 Å². The lowest BCUT2D eigenvalue weighted by Gasteiger charge is -2.13. The molecule has 12 heteroatoms. The maximum absolute atomic E-state index is 6.13. The van der Waals surface area contributed by atoms with E-state index in [1.165, 1.54) is 0 Å². The van der Waals surface area contributed by atoms with Crippen molar-refractivity contribution in [2.75, 3.05) is 11.9 Å². The van der Waals surface area contributed by atoms with Gasteiger partial charge in [-0.3, -0.25) is 9.36 Å². The second-order valence-corrected chi connectivity index (χ2v) is 7.66. The minimum absolute atomic E-state index is 0.301. The second-order valence-electron chi connectivity index (χ2n) is 7.66. The molecule has 0 saturated carbocycles. The largest absolute Gasteiger partial charge is 0.479 e. The molecule has 0 spiro atoms. The van der Waals surface area contributed by atoms with Gasteiger partial charge >= 0.3 is 0 Å². The SMILES string of the molecule is Cn1cc(O[C@H]2CCOc3cc(-c4ccnc(Nc5ccnn5C)n4)cc4nnc2n34)cn1. The van der Waals surface area contributed by atoms with Crippen molar-refractivity contribution in [2.24, 2.45) is 14.1 Å². The molecule has 0 amide bonds. The van der Waals surface area contributed by atoms with Crippen LogP contribution >= 0.6 is 0 Å². The van der Waals surface area contributed by atoms with E-state index in [9.17, 15) is 0 Å². The standard InChI is InChI=1S/C21H20N10O2/c1-29-12-14(11-24-29)33-16-5-8-32-19-10-13(9-18-27-28-20(16)31(18)19)15-3-6-22-21(25-15)26-17-4-7-23-30(17)2/h3-4,6-7,9-12,16H,5,8H2,1-2H3,(H,22,25,26)/t16-/m0/s1. The van der Waals surface area contributed by atoms with E-state index in [-0.39, 0.29) is 6.10 Å². The molecule has 5 aromatic rings. The summed E-state index contributed by atoms with van der Waals surface area (Å²) in [7, 11) is 3.69. The van der Waals surface area contributed by atoms with Crippen LogP contribution in [0.5, 0.6) is 11.6 Å². The Morgan fingerprint density at radius 1 is 1.12 bits per heavy atom. The summed E-state index contributed by atoms with van der Waals surface area (Å²) in [5.41, 5.74) is 2.23. The Bertz CT molecular complexity index is 1450. The molecule has 166 valence electrons. The van der Waals surface area contributed by atoms with E-state index in [0.29, 0.717) is 42.1 Å². The van der Waals surface area contributed by atoms with Crippen molar-refractivity contribution in [3.05, 3.63) is 54.9 Å². The summed E-state index contributed by atoms with van der Waals surface area (Å²) >= 11 is 0. The molecule has 0 unspecified atom stereocenters. The first-order valence-corrected chi connectivity index (χ1v) is 10.4. The molecule has 0 bridgehead atoms. The van der Waals surface area contributed by atoms with Gasteiger partial charge < -0.3 is 14.8 Å². The van der Waals surface area contributed by atoms with Crippen LogP contribution in [0.25, 0.3) is 16.9 Å². The minimum atomic E-state index is -0.301. The number of hydrogen-bond donors (Lipinski definition) is 1. The Morgan fingerprint density at radius 3 is 2.88 bits per heavy atom. The number of rotatable bonds is 5. The highest BCUT2D eigenvalue weighted by Gasteiger charge is 2.26. The van der Waals surface area contributed by atoms with E-state index in [2.05, 4.69) is 35.7 Å². The number of nitrogens with zero attached hydrogens (tertiary/aromatic N) is 9. The fourth-order valence-electron chi connectivity index (χ4n) is 3.80. The molecule has 6 heterocycles. The van der Waals surface area contributed by atoms with Crippen molar-refractivity contribution in [1.82, 2.24) is 44.1 Å². The number of aromatic nitrogens is 9. The molecular weight excluding hydrogens is 424 g/mol. The van der Waals surface area contributed by atoms with Crippen molar-refractivity contribution in [1.29, 1.82) is 0 Å². The predicted octanol–water partition coefficient (Wildman–Crippen LogP) is 2.30. The maximum atomic E-state index is 6.13. The van der Waals surface area contributed by atoms with E-state index < -0.39 is 0 Å². The number of hydrogen-bond acceptors (Lipinski definition) is 9. The number of ether oxygens (including phenoxy) is 2. The van der Waals surface area contributed by atoms with E-state index >= 15 is 0 Å². The van der Waals surface area contributed by atoms with Crippen molar-refractivity contribution in [3.8, 4) is 22.9 Å². The number of anilines is 2. The molecule has 0 fully saturated rings. The third kappa shape index (κ3) is 3.50. The molecule has 5 aromatic heterocycles. The van der Waals surface area contributed by atoms with Crippen LogP contribution in [0, 0.1) is 0 Å².